The molecule has 0 spiro atoms. The highest BCUT2D eigenvalue weighted by Gasteiger charge is 2.35. The maximum absolute atomic E-state index is 11.9. The molecule has 17 heavy (non-hydrogen) atoms. The summed E-state index contributed by atoms with van der Waals surface area (Å²) in [6.07, 6.45) is 0. The Kier molecular flexibility index (Phi) is 4.19. The topological polar surface area (TPSA) is 88.5 Å². The van der Waals surface area contributed by atoms with Crippen LogP contribution in [0, 0.1) is 6.92 Å². The van der Waals surface area contributed by atoms with Crippen LogP contribution in [0.3, 0.4) is 0 Å². The molecule has 1 unspecified atom stereocenters. The van der Waals surface area contributed by atoms with E-state index in [1.54, 1.807) is 12.3 Å². The molecular formula is C10H14N2O4S. The van der Waals surface area contributed by atoms with Crippen LogP contribution < -0.4 is 5.32 Å². The average Bonchev–Trinajstić information content (AvgIpc) is 2.64. The Bertz CT molecular complexity index is 432. The molecule has 1 heterocycles. The van der Waals surface area contributed by atoms with Gasteiger partial charge in [-0.05, 0) is 25.4 Å². The molecule has 0 aromatic carbocycles. The number of rotatable bonds is 5. The van der Waals surface area contributed by atoms with Gasteiger partial charge in [0.1, 0.15) is 0 Å². The van der Waals surface area contributed by atoms with Crippen LogP contribution in [0.25, 0.3) is 0 Å². The number of ether oxygens (including phenoxy) is 1. The Labute approximate surface area is 103 Å². The minimum atomic E-state index is -1.44. The number of aryl methyl sites for hydroxylation is 1. The predicted molar refractivity (Wildman–Crippen MR) is 62.2 cm³/mol. The summed E-state index contributed by atoms with van der Waals surface area (Å²) in [7, 11) is 1.38. The Morgan fingerprint density at radius 3 is 2.71 bits per heavy atom. The fraction of sp³-hybridized carbons (Fsp3) is 0.500. The number of aliphatic carboxylic acids is 1. The summed E-state index contributed by atoms with van der Waals surface area (Å²) in [6.45, 7) is 2.98. The second kappa shape index (κ2) is 5.24. The van der Waals surface area contributed by atoms with Gasteiger partial charge in [-0.3, -0.25) is 4.79 Å². The molecule has 7 heteroatoms. The molecule has 1 rings (SSSR count). The third kappa shape index (κ3) is 3.01. The molecule has 1 atom stereocenters. The summed E-state index contributed by atoms with van der Waals surface area (Å²) in [5.41, 5.74) is -0.476. The van der Waals surface area contributed by atoms with Crippen LogP contribution in [-0.2, 0) is 9.53 Å². The number of hydrogen-bond acceptors (Lipinski definition) is 5. The van der Waals surface area contributed by atoms with Crippen LogP contribution in [0.5, 0.6) is 0 Å². The highest BCUT2D eigenvalue weighted by Crippen LogP contribution is 2.12. The normalized spacial score (nSPS) is 14.1. The standard InChI is InChI=1S/C10H14N2O4S/c1-6-7(4-17-12-6)8(13)11-10(2,5-16-3)9(14)15/h4H,5H2,1-3H3,(H,11,13)(H,14,15). The molecule has 0 fully saturated rings. The van der Waals surface area contributed by atoms with Crippen LogP contribution in [-0.4, -0.2) is 40.6 Å². The maximum atomic E-state index is 11.9. The third-order valence-corrected chi connectivity index (χ3v) is 3.01. The molecule has 2 N–H and O–H groups in total. The van der Waals surface area contributed by atoms with Gasteiger partial charge < -0.3 is 15.2 Å². The van der Waals surface area contributed by atoms with Crippen molar-refractivity contribution in [2.24, 2.45) is 0 Å². The van der Waals surface area contributed by atoms with Crippen LogP contribution in [0.1, 0.15) is 23.0 Å². The lowest BCUT2D eigenvalue weighted by Crippen LogP contribution is -2.55. The number of amides is 1. The molecule has 1 amide bonds. The van der Waals surface area contributed by atoms with Gasteiger partial charge in [0.25, 0.3) is 5.91 Å². The van der Waals surface area contributed by atoms with Crippen molar-refractivity contribution in [3.63, 3.8) is 0 Å². The molecular weight excluding hydrogens is 244 g/mol. The number of carboxylic acid groups (broad SMARTS) is 1. The first-order chi connectivity index (χ1) is 7.90. The third-order valence-electron chi connectivity index (χ3n) is 2.29. The highest BCUT2D eigenvalue weighted by atomic mass is 32.1. The monoisotopic (exact) mass is 258 g/mol. The summed E-state index contributed by atoms with van der Waals surface area (Å²) in [5.74, 6) is -1.60. The minimum absolute atomic E-state index is 0.106. The number of carbonyl (C=O) groups excluding carboxylic acids is 1. The largest absolute Gasteiger partial charge is 0.479 e. The van der Waals surface area contributed by atoms with Crippen molar-refractivity contribution >= 4 is 23.4 Å². The quantitative estimate of drug-likeness (QED) is 0.810. The summed E-state index contributed by atoms with van der Waals surface area (Å²) < 4.78 is 8.77. The molecule has 0 aliphatic carbocycles. The molecule has 1 aromatic heterocycles. The number of carboxylic acids is 1. The second-order valence-electron chi connectivity index (χ2n) is 3.84. The Hall–Kier alpha value is -1.47. The van der Waals surface area contributed by atoms with E-state index < -0.39 is 17.4 Å². The van der Waals surface area contributed by atoms with Crippen molar-refractivity contribution < 1.29 is 19.4 Å². The Morgan fingerprint density at radius 1 is 1.65 bits per heavy atom. The highest BCUT2D eigenvalue weighted by molar-refractivity contribution is 7.03. The molecule has 0 radical (unpaired) electrons. The zero-order chi connectivity index (χ0) is 13.1. The summed E-state index contributed by atoms with van der Waals surface area (Å²) >= 11 is 1.15. The number of aromatic nitrogens is 1. The van der Waals surface area contributed by atoms with Gasteiger partial charge >= 0.3 is 5.97 Å². The number of nitrogens with one attached hydrogen (secondary N) is 1. The maximum Gasteiger partial charge on any atom is 0.331 e. The number of nitrogens with zero attached hydrogens (tertiary/aromatic N) is 1. The Balaban J connectivity index is 2.85. The van der Waals surface area contributed by atoms with E-state index in [9.17, 15) is 9.59 Å². The van der Waals surface area contributed by atoms with E-state index in [2.05, 4.69) is 9.69 Å². The molecule has 0 bridgehead atoms. The number of methoxy groups -OCH3 is 1. The van der Waals surface area contributed by atoms with Crippen molar-refractivity contribution in [3.8, 4) is 0 Å². The van der Waals surface area contributed by atoms with E-state index in [4.69, 9.17) is 9.84 Å². The van der Waals surface area contributed by atoms with E-state index >= 15 is 0 Å². The van der Waals surface area contributed by atoms with Crippen LogP contribution >= 0.6 is 11.5 Å². The van der Waals surface area contributed by atoms with Gasteiger partial charge in [0.15, 0.2) is 5.54 Å². The van der Waals surface area contributed by atoms with Crippen LogP contribution in [0.4, 0.5) is 0 Å². The van der Waals surface area contributed by atoms with Gasteiger partial charge in [-0.1, -0.05) is 0 Å². The molecule has 6 nitrogen and oxygen atoms in total. The summed E-state index contributed by atoms with van der Waals surface area (Å²) in [6, 6.07) is 0. The first-order valence-corrected chi connectivity index (χ1v) is 5.70. The van der Waals surface area contributed by atoms with Crippen LogP contribution in [0.2, 0.25) is 0 Å². The lowest BCUT2D eigenvalue weighted by Gasteiger charge is -2.25. The molecule has 94 valence electrons. The fourth-order valence-corrected chi connectivity index (χ4v) is 1.96. The lowest BCUT2D eigenvalue weighted by molar-refractivity contribution is -0.145. The molecule has 1 aromatic rings. The van der Waals surface area contributed by atoms with Gasteiger partial charge in [0.2, 0.25) is 0 Å². The molecule has 0 aliphatic heterocycles. The Morgan fingerprint density at radius 2 is 2.29 bits per heavy atom. The molecule has 0 saturated heterocycles. The van der Waals surface area contributed by atoms with Crippen molar-refractivity contribution in [1.82, 2.24) is 9.69 Å². The molecule has 0 aliphatic rings. The van der Waals surface area contributed by atoms with Gasteiger partial charge in [0, 0.05) is 12.5 Å². The van der Waals surface area contributed by atoms with E-state index in [0.717, 1.165) is 11.5 Å². The van der Waals surface area contributed by atoms with Crippen molar-refractivity contribution in [2.75, 3.05) is 13.7 Å². The smallest absolute Gasteiger partial charge is 0.331 e. The first-order valence-electron chi connectivity index (χ1n) is 4.86. The van der Waals surface area contributed by atoms with Crippen molar-refractivity contribution in [1.29, 1.82) is 0 Å². The average molecular weight is 258 g/mol. The van der Waals surface area contributed by atoms with E-state index in [-0.39, 0.29) is 6.61 Å². The van der Waals surface area contributed by atoms with Gasteiger partial charge in [0.05, 0.1) is 17.9 Å². The number of hydrogen-bond donors (Lipinski definition) is 2. The lowest BCUT2D eigenvalue weighted by atomic mass is 10.0. The van der Waals surface area contributed by atoms with Gasteiger partial charge in [-0.2, -0.15) is 4.37 Å². The second-order valence-corrected chi connectivity index (χ2v) is 4.47. The predicted octanol–water partition coefficient (Wildman–Crippen LogP) is 0.671. The van der Waals surface area contributed by atoms with Gasteiger partial charge in [-0.15, -0.1) is 0 Å². The summed E-state index contributed by atoms with van der Waals surface area (Å²) in [4.78, 5) is 23.0. The van der Waals surface area contributed by atoms with E-state index in [1.165, 1.54) is 14.0 Å². The SMILES string of the molecule is COCC(C)(NC(=O)c1csnc1C)C(=O)O. The van der Waals surface area contributed by atoms with E-state index in [0.29, 0.717) is 11.3 Å². The minimum Gasteiger partial charge on any atom is -0.479 e. The first kappa shape index (κ1) is 13.6. The van der Waals surface area contributed by atoms with Crippen molar-refractivity contribution in [3.05, 3.63) is 16.6 Å². The fourth-order valence-electron chi connectivity index (χ4n) is 1.27. The summed E-state index contributed by atoms with van der Waals surface area (Å²) in [5, 5.41) is 13.1. The number of carbonyl (C=O) groups is 2. The zero-order valence-electron chi connectivity index (χ0n) is 9.81. The van der Waals surface area contributed by atoms with E-state index in [1.807, 2.05) is 0 Å². The molecule has 0 saturated carbocycles. The van der Waals surface area contributed by atoms with Crippen LogP contribution in [0.15, 0.2) is 5.38 Å². The van der Waals surface area contributed by atoms with Crippen molar-refractivity contribution in [2.45, 2.75) is 19.4 Å². The zero-order valence-corrected chi connectivity index (χ0v) is 10.6. The van der Waals surface area contributed by atoms with Gasteiger partial charge in [-0.25, -0.2) is 4.79 Å².